The second kappa shape index (κ2) is 6.63. The lowest BCUT2D eigenvalue weighted by Gasteiger charge is -2.30. The molecule has 0 atom stereocenters. The maximum atomic E-state index is 12.6. The lowest BCUT2D eigenvalue weighted by molar-refractivity contribution is -0.126. The Labute approximate surface area is 158 Å². The third kappa shape index (κ3) is 3.62. The summed E-state index contributed by atoms with van der Waals surface area (Å²) in [5.74, 6) is -1.10. The van der Waals surface area contributed by atoms with Gasteiger partial charge in [0.25, 0.3) is 10.0 Å². The van der Waals surface area contributed by atoms with Crippen molar-refractivity contribution in [1.29, 1.82) is 0 Å². The van der Waals surface area contributed by atoms with E-state index in [1.165, 1.54) is 30.0 Å². The molecule has 0 aromatic carbocycles. The van der Waals surface area contributed by atoms with Crippen LogP contribution in [0.15, 0.2) is 21.6 Å². The number of carbonyl (C=O) groups is 2. The number of sulfonamides is 1. The summed E-state index contributed by atoms with van der Waals surface area (Å²) in [7, 11) is -3.88. The fourth-order valence-corrected chi connectivity index (χ4v) is 5.43. The number of amides is 1. The van der Waals surface area contributed by atoms with Gasteiger partial charge < -0.3 is 14.8 Å². The van der Waals surface area contributed by atoms with Crippen LogP contribution in [-0.4, -0.2) is 49.3 Å². The molecule has 148 valence electrons. The van der Waals surface area contributed by atoms with Gasteiger partial charge in [-0.05, 0) is 62.0 Å². The normalized spacial score (nSPS) is 23.1. The van der Waals surface area contributed by atoms with Gasteiger partial charge in [0.15, 0.2) is 0 Å². The number of hydrogen-bond donors (Lipinski definition) is 2. The summed E-state index contributed by atoms with van der Waals surface area (Å²) >= 11 is 0. The van der Waals surface area contributed by atoms with Crippen LogP contribution in [0, 0.1) is 17.3 Å². The van der Waals surface area contributed by atoms with Crippen LogP contribution in [0.4, 0.5) is 0 Å². The third-order valence-electron chi connectivity index (χ3n) is 6.16. The minimum absolute atomic E-state index is 0.0186. The van der Waals surface area contributed by atoms with Gasteiger partial charge in [0, 0.05) is 25.6 Å². The van der Waals surface area contributed by atoms with E-state index in [4.69, 9.17) is 9.52 Å². The molecule has 1 aliphatic heterocycles. The number of rotatable bonds is 7. The maximum absolute atomic E-state index is 12.6. The van der Waals surface area contributed by atoms with Crippen LogP contribution in [0.3, 0.4) is 0 Å². The van der Waals surface area contributed by atoms with Crippen LogP contribution >= 0.6 is 0 Å². The van der Waals surface area contributed by atoms with E-state index in [9.17, 15) is 18.0 Å². The van der Waals surface area contributed by atoms with Crippen LogP contribution in [0.5, 0.6) is 0 Å². The van der Waals surface area contributed by atoms with Crippen molar-refractivity contribution in [3.05, 3.63) is 17.9 Å². The van der Waals surface area contributed by atoms with Crippen LogP contribution in [0.2, 0.25) is 0 Å². The quantitative estimate of drug-likeness (QED) is 0.724. The predicted molar refractivity (Wildman–Crippen MR) is 94.6 cm³/mol. The molecule has 0 radical (unpaired) electrons. The lowest BCUT2D eigenvalue weighted by Crippen LogP contribution is -2.44. The number of piperidine rings is 1. The van der Waals surface area contributed by atoms with Gasteiger partial charge in [-0.15, -0.1) is 0 Å². The van der Waals surface area contributed by atoms with Crippen LogP contribution in [-0.2, 0) is 14.8 Å². The molecule has 9 heteroatoms. The topological polar surface area (TPSA) is 117 Å². The van der Waals surface area contributed by atoms with Gasteiger partial charge in [-0.1, -0.05) is 0 Å². The average molecular weight is 396 g/mol. The molecule has 0 bridgehead atoms. The van der Waals surface area contributed by atoms with Crippen LogP contribution in [0.25, 0.3) is 0 Å². The molecule has 2 saturated carbocycles. The highest BCUT2D eigenvalue weighted by atomic mass is 32.2. The van der Waals surface area contributed by atoms with Crippen molar-refractivity contribution in [2.24, 2.45) is 17.3 Å². The van der Waals surface area contributed by atoms with Crippen LogP contribution < -0.4 is 5.32 Å². The van der Waals surface area contributed by atoms with Gasteiger partial charge in [0.1, 0.15) is 0 Å². The first-order chi connectivity index (χ1) is 12.8. The molecule has 1 saturated heterocycles. The van der Waals surface area contributed by atoms with Crippen molar-refractivity contribution in [1.82, 2.24) is 9.62 Å². The molecule has 1 aromatic heterocycles. The van der Waals surface area contributed by atoms with Crippen molar-refractivity contribution >= 4 is 21.9 Å². The largest absolute Gasteiger partial charge is 0.475 e. The zero-order valence-corrected chi connectivity index (χ0v) is 15.8. The highest BCUT2D eigenvalue weighted by Gasteiger charge is 2.53. The average Bonchev–Trinajstić information content (AvgIpc) is 3.57. The van der Waals surface area contributed by atoms with Crippen molar-refractivity contribution in [2.45, 2.75) is 43.6 Å². The summed E-state index contributed by atoms with van der Waals surface area (Å²) in [5, 5.41) is 11.6. The molecule has 3 fully saturated rings. The Balaban J connectivity index is 1.31. The van der Waals surface area contributed by atoms with E-state index in [1.54, 1.807) is 0 Å². The second-order valence-electron chi connectivity index (χ2n) is 7.96. The van der Waals surface area contributed by atoms with Gasteiger partial charge in [0.05, 0.1) is 0 Å². The van der Waals surface area contributed by atoms with E-state index in [1.807, 2.05) is 0 Å². The molecule has 3 aliphatic rings. The number of furan rings is 1. The second-order valence-corrected chi connectivity index (χ2v) is 9.83. The minimum atomic E-state index is -3.88. The first-order valence-corrected chi connectivity index (χ1v) is 10.9. The fourth-order valence-electron chi connectivity index (χ4n) is 4.05. The zero-order valence-electron chi connectivity index (χ0n) is 15.0. The Morgan fingerprint density at radius 2 is 1.85 bits per heavy atom. The Morgan fingerprint density at radius 3 is 2.37 bits per heavy atom. The Hall–Kier alpha value is -1.87. The number of carboxylic acid groups (broad SMARTS) is 1. The SMILES string of the molecule is O=C(O)c1ccc(S(=O)(=O)N2CCC(C(=O)NCC3(C4CC4)CC3)CC2)o1. The molecule has 0 spiro atoms. The Kier molecular flexibility index (Phi) is 4.54. The standard InChI is InChI=1S/C18H24N2O6S/c21-16(19-11-18(7-8-18)13-1-2-13)12-5-9-20(10-6-12)27(24,25)15-4-3-14(26-15)17(22)23/h3-4,12-13H,1-2,5-11H2,(H,19,21)(H,22,23). The van der Waals surface area contributed by atoms with E-state index < -0.39 is 21.8 Å². The molecule has 1 amide bonds. The number of hydrogen-bond acceptors (Lipinski definition) is 5. The van der Waals surface area contributed by atoms with Gasteiger partial charge in [-0.25, -0.2) is 13.2 Å². The van der Waals surface area contributed by atoms with Gasteiger partial charge >= 0.3 is 5.97 Å². The highest BCUT2D eigenvalue weighted by Crippen LogP contribution is 2.60. The summed E-state index contributed by atoms with van der Waals surface area (Å²) in [6.45, 7) is 1.19. The van der Waals surface area contributed by atoms with Gasteiger partial charge in [-0.3, -0.25) is 4.79 Å². The molecule has 2 N–H and O–H groups in total. The van der Waals surface area contributed by atoms with Crippen LogP contribution in [0.1, 0.15) is 49.1 Å². The van der Waals surface area contributed by atoms with E-state index in [0.717, 1.165) is 24.6 Å². The molecule has 4 rings (SSSR count). The zero-order chi connectivity index (χ0) is 19.2. The number of carboxylic acids is 1. The molecular weight excluding hydrogens is 372 g/mol. The molecule has 8 nitrogen and oxygen atoms in total. The molecule has 2 heterocycles. The Bertz CT molecular complexity index is 845. The molecule has 1 aromatic rings. The van der Waals surface area contributed by atoms with Crippen molar-refractivity contribution in [3.63, 3.8) is 0 Å². The van der Waals surface area contributed by atoms with E-state index in [-0.39, 0.29) is 30.0 Å². The van der Waals surface area contributed by atoms with E-state index >= 15 is 0 Å². The van der Waals surface area contributed by atoms with E-state index in [2.05, 4.69) is 5.32 Å². The molecular formula is C18H24N2O6S. The summed E-state index contributed by atoms with van der Waals surface area (Å²) in [6, 6.07) is 2.29. The van der Waals surface area contributed by atoms with Gasteiger partial charge in [0.2, 0.25) is 16.8 Å². The first-order valence-electron chi connectivity index (χ1n) is 9.43. The number of aromatic carboxylic acids is 1. The number of nitrogens with one attached hydrogen (secondary N) is 1. The molecule has 2 aliphatic carbocycles. The monoisotopic (exact) mass is 396 g/mol. The summed E-state index contributed by atoms with van der Waals surface area (Å²) in [4.78, 5) is 23.3. The fraction of sp³-hybridized carbons (Fsp3) is 0.667. The minimum Gasteiger partial charge on any atom is -0.475 e. The smallest absolute Gasteiger partial charge is 0.371 e. The van der Waals surface area contributed by atoms with Crippen molar-refractivity contribution in [3.8, 4) is 0 Å². The number of nitrogens with zero attached hydrogens (tertiary/aromatic N) is 1. The Morgan fingerprint density at radius 1 is 1.19 bits per heavy atom. The molecule has 27 heavy (non-hydrogen) atoms. The third-order valence-corrected chi connectivity index (χ3v) is 7.93. The number of carbonyl (C=O) groups excluding carboxylic acids is 1. The van der Waals surface area contributed by atoms with Gasteiger partial charge in [-0.2, -0.15) is 4.31 Å². The van der Waals surface area contributed by atoms with Crippen molar-refractivity contribution in [2.75, 3.05) is 19.6 Å². The summed E-state index contributed by atoms with van der Waals surface area (Å²) < 4.78 is 31.4. The maximum Gasteiger partial charge on any atom is 0.371 e. The highest BCUT2D eigenvalue weighted by molar-refractivity contribution is 7.89. The predicted octanol–water partition coefficient (Wildman–Crippen LogP) is 1.68. The summed E-state index contributed by atoms with van der Waals surface area (Å²) in [6.07, 6.45) is 5.87. The lowest BCUT2D eigenvalue weighted by atomic mass is 9.96. The molecule has 0 unspecified atom stereocenters. The summed E-state index contributed by atoms with van der Waals surface area (Å²) in [5.41, 5.74) is 0.348. The van der Waals surface area contributed by atoms with E-state index in [0.29, 0.717) is 18.3 Å². The van der Waals surface area contributed by atoms with Crippen molar-refractivity contribution < 1.29 is 27.5 Å². The first kappa shape index (κ1) is 18.5.